The van der Waals surface area contributed by atoms with Crippen molar-refractivity contribution in [2.75, 3.05) is 10.8 Å². The van der Waals surface area contributed by atoms with Crippen molar-refractivity contribution in [1.29, 1.82) is 0 Å². The highest BCUT2D eigenvalue weighted by Crippen LogP contribution is 2.26. The zero-order valence-corrected chi connectivity index (χ0v) is 18.1. The van der Waals surface area contributed by atoms with Gasteiger partial charge in [0.1, 0.15) is 6.54 Å². The van der Waals surface area contributed by atoms with E-state index in [0.717, 1.165) is 29.5 Å². The molecule has 0 aliphatic rings. The highest BCUT2D eigenvalue weighted by Gasteiger charge is 2.27. The van der Waals surface area contributed by atoms with E-state index in [1.807, 2.05) is 40.7 Å². The molecular formula is C22H30N2O3S. The van der Waals surface area contributed by atoms with Gasteiger partial charge in [0.05, 0.1) is 10.6 Å². The molecule has 1 atom stereocenters. The summed E-state index contributed by atoms with van der Waals surface area (Å²) in [5.74, 6) is -0.309. The number of amides is 1. The Labute approximate surface area is 168 Å². The maximum Gasteiger partial charge on any atom is 0.264 e. The van der Waals surface area contributed by atoms with Crippen LogP contribution in [0.25, 0.3) is 0 Å². The third-order valence-electron chi connectivity index (χ3n) is 4.52. The molecule has 0 heterocycles. The molecule has 152 valence electrons. The van der Waals surface area contributed by atoms with Gasteiger partial charge in [-0.2, -0.15) is 0 Å². The van der Waals surface area contributed by atoms with Gasteiger partial charge in [-0.15, -0.1) is 0 Å². The molecule has 1 unspecified atom stereocenters. The average Bonchev–Trinajstić information content (AvgIpc) is 2.59. The van der Waals surface area contributed by atoms with Gasteiger partial charge in [0, 0.05) is 6.04 Å². The fourth-order valence-corrected chi connectivity index (χ4v) is 4.61. The van der Waals surface area contributed by atoms with Crippen LogP contribution in [0, 0.1) is 20.8 Å². The van der Waals surface area contributed by atoms with Gasteiger partial charge in [-0.05, 0) is 69.5 Å². The van der Waals surface area contributed by atoms with E-state index < -0.39 is 10.0 Å². The highest BCUT2D eigenvalue weighted by atomic mass is 32.2. The summed E-state index contributed by atoms with van der Waals surface area (Å²) in [6, 6.07) is 12.2. The molecule has 2 aromatic rings. The van der Waals surface area contributed by atoms with Gasteiger partial charge in [-0.3, -0.25) is 9.10 Å². The fraction of sp³-hybridized carbons (Fsp3) is 0.409. The fourth-order valence-electron chi connectivity index (χ4n) is 3.20. The molecule has 1 N–H and O–H groups in total. The highest BCUT2D eigenvalue weighted by molar-refractivity contribution is 7.92. The molecule has 2 rings (SSSR count). The van der Waals surface area contributed by atoms with Gasteiger partial charge in [0.15, 0.2) is 0 Å². The minimum Gasteiger partial charge on any atom is -0.352 e. The minimum absolute atomic E-state index is 0.000625. The second-order valence-electron chi connectivity index (χ2n) is 7.43. The lowest BCUT2D eigenvalue weighted by atomic mass is 10.1. The van der Waals surface area contributed by atoms with Gasteiger partial charge in [-0.1, -0.05) is 37.1 Å². The van der Waals surface area contributed by atoms with Gasteiger partial charge in [0.25, 0.3) is 10.0 Å². The third kappa shape index (κ3) is 5.58. The largest absolute Gasteiger partial charge is 0.352 e. The lowest BCUT2D eigenvalue weighted by molar-refractivity contribution is -0.120. The van der Waals surface area contributed by atoms with Crippen molar-refractivity contribution in [3.8, 4) is 0 Å². The van der Waals surface area contributed by atoms with E-state index >= 15 is 0 Å². The number of aryl methyl sites for hydroxylation is 3. The summed E-state index contributed by atoms with van der Waals surface area (Å²) in [5.41, 5.74) is 3.36. The molecule has 0 saturated heterocycles. The molecule has 0 aliphatic heterocycles. The van der Waals surface area contributed by atoms with E-state index in [9.17, 15) is 13.2 Å². The molecule has 0 bridgehead atoms. The van der Waals surface area contributed by atoms with Gasteiger partial charge in [-0.25, -0.2) is 8.42 Å². The zero-order valence-electron chi connectivity index (χ0n) is 17.3. The first kappa shape index (κ1) is 22.0. The second kappa shape index (κ2) is 9.24. The molecule has 2 aromatic carbocycles. The summed E-state index contributed by atoms with van der Waals surface area (Å²) in [7, 11) is -3.88. The monoisotopic (exact) mass is 402 g/mol. The summed E-state index contributed by atoms with van der Waals surface area (Å²) in [4.78, 5) is 12.8. The Morgan fingerprint density at radius 1 is 1.00 bits per heavy atom. The zero-order chi connectivity index (χ0) is 20.9. The Bertz CT molecular complexity index is 901. The van der Waals surface area contributed by atoms with Crippen molar-refractivity contribution in [3.05, 3.63) is 59.2 Å². The maximum atomic E-state index is 13.4. The first-order valence-corrected chi connectivity index (χ1v) is 11.0. The smallest absolute Gasteiger partial charge is 0.264 e. The van der Waals surface area contributed by atoms with E-state index in [1.165, 1.54) is 4.31 Å². The minimum atomic E-state index is -3.88. The number of hydrogen-bond donors (Lipinski definition) is 1. The van der Waals surface area contributed by atoms with Gasteiger partial charge >= 0.3 is 0 Å². The lowest BCUT2D eigenvalue weighted by Gasteiger charge is -2.26. The number of sulfonamides is 1. The predicted octanol–water partition coefficient (Wildman–Crippen LogP) is 4.11. The Morgan fingerprint density at radius 3 is 2.11 bits per heavy atom. The van der Waals surface area contributed by atoms with Crippen molar-refractivity contribution < 1.29 is 13.2 Å². The quantitative estimate of drug-likeness (QED) is 0.722. The van der Waals surface area contributed by atoms with Crippen LogP contribution < -0.4 is 9.62 Å². The van der Waals surface area contributed by atoms with E-state index in [-0.39, 0.29) is 23.4 Å². The number of carbonyl (C=O) groups excluding carboxylic acids is 1. The van der Waals surface area contributed by atoms with Crippen molar-refractivity contribution in [2.45, 2.75) is 58.4 Å². The van der Waals surface area contributed by atoms with Crippen LogP contribution >= 0.6 is 0 Å². The molecular weight excluding hydrogens is 372 g/mol. The van der Waals surface area contributed by atoms with E-state index in [1.54, 1.807) is 36.4 Å². The Balaban J connectivity index is 2.43. The molecule has 0 spiro atoms. The maximum absolute atomic E-state index is 13.4. The number of rotatable bonds is 8. The molecule has 1 amide bonds. The topological polar surface area (TPSA) is 66.5 Å². The molecule has 0 aliphatic carbocycles. The second-order valence-corrected chi connectivity index (χ2v) is 9.29. The first-order valence-electron chi connectivity index (χ1n) is 9.60. The molecule has 0 saturated carbocycles. The third-order valence-corrected chi connectivity index (χ3v) is 6.31. The molecule has 6 heteroatoms. The Kier molecular flexibility index (Phi) is 7.24. The van der Waals surface area contributed by atoms with Crippen LogP contribution in [0.4, 0.5) is 5.69 Å². The van der Waals surface area contributed by atoms with Crippen LogP contribution in [0.1, 0.15) is 43.4 Å². The lowest BCUT2D eigenvalue weighted by Crippen LogP contribution is -2.43. The molecule has 0 radical (unpaired) electrons. The molecule has 28 heavy (non-hydrogen) atoms. The average molecular weight is 403 g/mol. The standard InChI is InChI=1S/C22H30N2O3S/c1-6-7-19(5)23-22(25)15-24(20-13-17(3)12-18(4)14-20)28(26,27)21-10-8-16(2)9-11-21/h8-14,19H,6-7,15H2,1-5H3,(H,23,25). The van der Waals surface area contributed by atoms with Gasteiger partial charge < -0.3 is 5.32 Å². The number of hydrogen-bond acceptors (Lipinski definition) is 3. The molecule has 5 nitrogen and oxygen atoms in total. The van der Waals surface area contributed by atoms with Crippen LogP contribution in [0.5, 0.6) is 0 Å². The SMILES string of the molecule is CCCC(C)NC(=O)CN(c1cc(C)cc(C)c1)S(=O)(=O)c1ccc(C)cc1. The Hall–Kier alpha value is -2.34. The number of carbonyl (C=O) groups is 1. The normalized spacial score (nSPS) is 12.5. The summed E-state index contributed by atoms with van der Waals surface area (Å²) in [5, 5.41) is 2.90. The van der Waals surface area contributed by atoms with E-state index in [0.29, 0.717) is 5.69 Å². The summed E-state index contributed by atoms with van der Waals surface area (Å²) < 4.78 is 27.9. The summed E-state index contributed by atoms with van der Waals surface area (Å²) in [6.45, 7) is 9.45. The van der Waals surface area contributed by atoms with Gasteiger partial charge in [0.2, 0.25) is 5.91 Å². The number of anilines is 1. The van der Waals surface area contributed by atoms with Crippen LogP contribution in [-0.2, 0) is 14.8 Å². The number of benzene rings is 2. The van der Waals surface area contributed by atoms with Crippen molar-refractivity contribution >= 4 is 21.6 Å². The van der Waals surface area contributed by atoms with Crippen molar-refractivity contribution in [2.24, 2.45) is 0 Å². The van der Waals surface area contributed by atoms with Crippen LogP contribution in [0.2, 0.25) is 0 Å². The van der Waals surface area contributed by atoms with Crippen LogP contribution in [-0.4, -0.2) is 26.9 Å². The molecule has 0 aromatic heterocycles. The predicted molar refractivity (Wildman–Crippen MR) is 114 cm³/mol. The van der Waals surface area contributed by atoms with E-state index in [4.69, 9.17) is 0 Å². The van der Waals surface area contributed by atoms with Crippen LogP contribution in [0.3, 0.4) is 0 Å². The molecule has 0 fully saturated rings. The van der Waals surface area contributed by atoms with E-state index in [2.05, 4.69) is 5.32 Å². The van der Waals surface area contributed by atoms with Crippen molar-refractivity contribution in [1.82, 2.24) is 5.32 Å². The van der Waals surface area contributed by atoms with Crippen LogP contribution in [0.15, 0.2) is 47.4 Å². The summed E-state index contributed by atoms with van der Waals surface area (Å²) >= 11 is 0. The number of nitrogens with one attached hydrogen (secondary N) is 1. The first-order chi connectivity index (χ1) is 13.1. The Morgan fingerprint density at radius 2 is 1.57 bits per heavy atom. The number of nitrogens with zero attached hydrogens (tertiary/aromatic N) is 1. The summed E-state index contributed by atoms with van der Waals surface area (Å²) in [6.07, 6.45) is 1.80. The van der Waals surface area contributed by atoms with Crippen molar-refractivity contribution in [3.63, 3.8) is 0 Å².